The molecule has 0 aliphatic rings. The summed E-state index contributed by atoms with van der Waals surface area (Å²) in [6, 6.07) is 10.3. The van der Waals surface area contributed by atoms with Gasteiger partial charge in [-0.15, -0.1) is 0 Å². The molecule has 2 aromatic carbocycles. The number of benzene rings is 2. The molecule has 0 aliphatic heterocycles. The zero-order chi connectivity index (χ0) is 28.9. The number of ether oxygens (including phenoxy) is 2. The van der Waals surface area contributed by atoms with Gasteiger partial charge in [0.25, 0.3) is 0 Å². The van der Waals surface area contributed by atoms with Crippen LogP contribution >= 0.6 is 12.2 Å². The fraction of sp³-hybridized carbons (Fsp3) is 0.455. The van der Waals surface area contributed by atoms with E-state index < -0.39 is 5.82 Å². The highest BCUT2D eigenvalue weighted by molar-refractivity contribution is 7.71. The number of fused-ring (bicyclic) bond motifs is 1. The number of ketones is 1. The summed E-state index contributed by atoms with van der Waals surface area (Å²) in [7, 11) is 5.05. The molecule has 0 aliphatic carbocycles. The van der Waals surface area contributed by atoms with Gasteiger partial charge in [-0.2, -0.15) is 0 Å². The van der Waals surface area contributed by atoms with Crippen molar-refractivity contribution in [3.63, 3.8) is 0 Å². The van der Waals surface area contributed by atoms with Crippen LogP contribution in [0.1, 0.15) is 87.1 Å². The van der Waals surface area contributed by atoms with Crippen LogP contribution in [-0.2, 0) is 0 Å². The van der Waals surface area contributed by atoms with Crippen molar-refractivity contribution >= 4 is 40.7 Å². The Morgan fingerprint density at radius 1 is 0.950 bits per heavy atom. The SMILES string of the molecule is CCCCCCCCCCCCN(C)c1ccc2c(F)c(/C=C/C(=O)c3ccc(OC)cc3OC)c(=S)oc2c1. The minimum atomic E-state index is -0.513. The normalized spacial score (nSPS) is 11.3. The molecule has 0 atom stereocenters. The summed E-state index contributed by atoms with van der Waals surface area (Å²) in [5.74, 6) is 0.0714. The number of anilines is 1. The van der Waals surface area contributed by atoms with Gasteiger partial charge < -0.3 is 18.8 Å². The predicted octanol–water partition coefficient (Wildman–Crippen LogP) is 9.57. The van der Waals surface area contributed by atoms with E-state index in [9.17, 15) is 4.79 Å². The highest BCUT2D eigenvalue weighted by Crippen LogP contribution is 2.29. The zero-order valence-corrected chi connectivity index (χ0v) is 25.1. The molecule has 216 valence electrons. The number of hydrogen-bond acceptors (Lipinski definition) is 6. The second-order valence-corrected chi connectivity index (χ2v) is 10.5. The molecule has 0 amide bonds. The van der Waals surface area contributed by atoms with Crippen molar-refractivity contribution < 1.29 is 23.1 Å². The lowest BCUT2D eigenvalue weighted by Crippen LogP contribution is -2.18. The molecule has 1 aromatic heterocycles. The third kappa shape index (κ3) is 8.65. The molecular formula is C33H42FNO4S. The largest absolute Gasteiger partial charge is 0.497 e. The van der Waals surface area contributed by atoms with E-state index in [4.69, 9.17) is 26.1 Å². The molecule has 0 spiro atoms. The number of hydrogen-bond donors (Lipinski definition) is 0. The van der Waals surface area contributed by atoms with Crippen molar-refractivity contribution in [1.82, 2.24) is 0 Å². The van der Waals surface area contributed by atoms with Crippen LogP contribution in [0.15, 0.2) is 46.9 Å². The third-order valence-electron chi connectivity index (χ3n) is 7.22. The minimum absolute atomic E-state index is 0.00903. The van der Waals surface area contributed by atoms with Crippen LogP contribution in [0.25, 0.3) is 17.0 Å². The van der Waals surface area contributed by atoms with Gasteiger partial charge in [0.15, 0.2) is 5.78 Å². The van der Waals surface area contributed by atoms with Gasteiger partial charge in [0.1, 0.15) is 22.9 Å². The molecule has 0 N–H and O–H groups in total. The van der Waals surface area contributed by atoms with Gasteiger partial charge in [-0.25, -0.2) is 4.39 Å². The smallest absolute Gasteiger partial charge is 0.201 e. The third-order valence-corrected chi connectivity index (χ3v) is 7.53. The van der Waals surface area contributed by atoms with Crippen molar-refractivity contribution in [2.75, 3.05) is 32.7 Å². The van der Waals surface area contributed by atoms with Crippen LogP contribution in [0.5, 0.6) is 11.5 Å². The Morgan fingerprint density at radius 3 is 2.27 bits per heavy atom. The average Bonchev–Trinajstić information content (AvgIpc) is 2.97. The monoisotopic (exact) mass is 567 g/mol. The van der Waals surface area contributed by atoms with E-state index in [1.807, 2.05) is 19.2 Å². The maximum absolute atomic E-state index is 15.5. The standard InChI is InChI=1S/C33H42FNO4S/c1-5-6-7-8-9-10-11-12-13-14-21-35(2)24-15-17-27-31(22-24)39-33(40)28(32(27)34)19-20-29(36)26-18-16-25(37-3)23-30(26)38-4/h15-20,22-23H,5-14,21H2,1-4H3/b20-19+. The van der Waals surface area contributed by atoms with Crippen LogP contribution in [0, 0.1) is 10.5 Å². The van der Waals surface area contributed by atoms with E-state index in [-0.39, 0.29) is 16.1 Å². The molecule has 1 heterocycles. The summed E-state index contributed by atoms with van der Waals surface area (Å²) in [6.45, 7) is 3.17. The van der Waals surface area contributed by atoms with Crippen molar-refractivity contribution in [2.24, 2.45) is 0 Å². The van der Waals surface area contributed by atoms with Crippen LogP contribution in [-0.4, -0.2) is 33.6 Å². The fourth-order valence-electron chi connectivity index (χ4n) is 4.76. The Kier molecular flexibility index (Phi) is 12.7. The fourth-order valence-corrected chi connectivity index (χ4v) is 5.01. The number of carbonyl (C=O) groups is 1. The first-order valence-electron chi connectivity index (χ1n) is 14.3. The minimum Gasteiger partial charge on any atom is -0.497 e. The Morgan fingerprint density at radius 2 is 1.62 bits per heavy atom. The maximum Gasteiger partial charge on any atom is 0.201 e. The summed E-state index contributed by atoms with van der Waals surface area (Å²) in [6.07, 6.45) is 15.6. The predicted molar refractivity (Wildman–Crippen MR) is 165 cm³/mol. The number of unbranched alkanes of at least 4 members (excludes halogenated alkanes) is 9. The highest BCUT2D eigenvalue weighted by Gasteiger charge is 2.15. The van der Waals surface area contributed by atoms with Gasteiger partial charge in [-0.3, -0.25) is 4.79 Å². The van der Waals surface area contributed by atoms with Gasteiger partial charge >= 0.3 is 0 Å². The number of carbonyl (C=O) groups excluding carboxylic acids is 1. The molecule has 0 radical (unpaired) electrons. The topological polar surface area (TPSA) is 51.9 Å². The van der Waals surface area contributed by atoms with Gasteiger partial charge in [-0.1, -0.05) is 64.7 Å². The van der Waals surface area contributed by atoms with Gasteiger partial charge in [0.2, 0.25) is 4.71 Å². The van der Waals surface area contributed by atoms with E-state index in [0.29, 0.717) is 28.0 Å². The van der Waals surface area contributed by atoms with Crippen LogP contribution in [0.4, 0.5) is 10.1 Å². The van der Waals surface area contributed by atoms with E-state index in [2.05, 4.69) is 11.8 Å². The molecule has 0 unspecified atom stereocenters. The highest BCUT2D eigenvalue weighted by atomic mass is 32.1. The van der Waals surface area contributed by atoms with Gasteiger partial charge in [0.05, 0.1) is 30.7 Å². The van der Waals surface area contributed by atoms with Crippen molar-refractivity contribution in [1.29, 1.82) is 0 Å². The zero-order valence-electron chi connectivity index (χ0n) is 24.3. The van der Waals surface area contributed by atoms with Crippen molar-refractivity contribution in [3.8, 4) is 11.5 Å². The molecule has 5 nitrogen and oxygen atoms in total. The number of nitrogens with zero attached hydrogens (tertiary/aromatic N) is 1. The number of methoxy groups -OCH3 is 2. The van der Waals surface area contributed by atoms with E-state index in [0.717, 1.165) is 18.7 Å². The molecule has 0 saturated heterocycles. The van der Waals surface area contributed by atoms with E-state index >= 15 is 4.39 Å². The van der Waals surface area contributed by atoms with Gasteiger partial charge in [0, 0.05) is 31.4 Å². The van der Waals surface area contributed by atoms with Crippen LogP contribution in [0.2, 0.25) is 0 Å². The molecule has 3 rings (SSSR count). The summed E-state index contributed by atoms with van der Waals surface area (Å²) < 4.78 is 31.8. The Hall–Kier alpha value is -3.19. The number of halogens is 1. The molecular weight excluding hydrogens is 525 g/mol. The first-order valence-corrected chi connectivity index (χ1v) is 14.7. The van der Waals surface area contributed by atoms with E-state index in [1.54, 1.807) is 24.3 Å². The second kappa shape index (κ2) is 16.2. The van der Waals surface area contributed by atoms with Gasteiger partial charge in [-0.05, 0) is 55.1 Å². The Balaban J connectivity index is 1.61. The summed E-state index contributed by atoms with van der Waals surface area (Å²) >= 11 is 5.35. The molecule has 7 heteroatoms. The number of allylic oxidation sites excluding steroid dienone is 1. The van der Waals surface area contributed by atoms with Crippen molar-refractivity contribution in [3.05, 3.63) is 64.1 Å². The first kappa shape index (κ1) is 31.3. The lowest BCUT2D eigenvalue weighted by Gasteiger charge is -2.19. The van der Waals surface area contributed by atoms with E-state index in [1.165, 1.54) is 84.2 Å². The molecule has 0 saturated carbocycles. The summed E-state index contributed by atoms with van der Waals surface area (Å²) in [5.41, 5.74) is 1.73. The van der Waals surface area contributed by atoms with Crippen LogP contribution in [0.3, 0.4) is 0 Å². The number of rotatable bonds is 17. The quantitative estimate of drug-likeness (QED) is 0.0701. The lowest BCUT2D eigenvalue weighted by molar-refractivity contribution is 0.104. The second-order valence-electron chi connectivity index (χ2n) is 10.2. The Bertz CT molecular complexity index is 1350. The van der Waals surface area contributed by atoms with Crippen LogP contribution < -0.4 is 14.4 Å². The Labute approximate surface area is 243 Å². The maximum atomic E-state index is 15.5. The summed E-state index contributed by atoms with van der Waals surface area (Å²) in [5, 5.41) is 0.318. The molecule has 3 aromatic rings. The van der Waals surface area contributed by atoms with Crippen molar-refractivity contribution in [2.45, 2.75) is 71.1 Å². The first-order chi connectivity index (χ1) is 19.4. The summed E-state index contributed by atoms with van der Waals surface area (Å²) in [4.78, 5) is 15.0. The molecule has 0 bridgehead atoms. The average molecular weight is 568 g/mol. The molecule has 0 fully saturated rings. The lowest BCUT2D eigenvalue weighted by atomic mass is 10.1. The molecule has 40 heavy (non-hydrogen) atoms.